The Hall–Kier alpha value is -3.34. The molecule has 2 aromatic carbocycles. The minimum Gasteiger partial charge on any atom is -0.496 e. The summed E-state index contributed by atoms with van der Waals surface area (Å²) in [5.74, 6) is 1.19. The van der Waals surface area contributed by atoms with Crippen molar-refractivity contribution in [2.24, 2.45) is 0 Å². The van der Waals surface area contributed by atoms with E-state index in [9.17, 15) is 9.59 Å². The second-order valence-corrected chi connectivity index (χ2v) is 6.57. The first-order chi connectivity index (χ1) is 13.6. The first-order valence-corrected chi connectivity index (χ1v) is 9.08. The van der Waals surface area contributed by atoms with E-state index in [4.69, 9.17) is 9.15 Å². The second-order valence-electron chi connectivity index (χ2n) is 6.57. The molecule has 28 heavy (non-hydrogen) atoms. The summed E-state index contributed by atoms with van der Waals surface area (Å²) in [5, 5.41) is 0. The van der Waals surface area contributed by atoms with Gasteiger partial charge in [-0.1, -0.05) is 30.3 Å². The van der Waals surface area contributed by atoms with E-state index in [2.05, 4.69) is 0 Å². The number of carbonyl (C=O) groups excluding carboxylic acids is 2. The van der Waals surface area contributed by atoms with E-state index < -0.39 is 0 Å². The van der Waals surface area contributed by atoms with Crippen LogP contribution in [0, 0.1) is 0 Å². The predicted molar refractivity (Wildman–Crippen MR) is 106 cm³/mol. The molecule has 0 saturated heterocycles. The lowest BCUT2D eigenvalue weighted by atomic mass is 10.0. The smallest absolute Gasteiger partial charge is 0.227 e. The summed E-state index contributed by atoms with van der Waals surface area (Å²) in [6.07, 6.45) is 1.73. The van der Waals surface area contributed by atoms with Gasteiger partial charge >= 0.3 is 0 Å². The number of hydrogen-bond donors (Lipinski definition) is 0. The zero-order chi connectivity index (χ0) is 19.9. The minimum absolute atomic E-state index is 0.0481. The Balaban J connectivity index is 1.84. The molecule has 0 aliphatic rings. The molecule has 0 aliphatic carbocycles. The summed E-state index contributed by atoms with van der Waals surface area (Å²) >= 11 is 0. The highest BCUT2D eigenvalue weighted by atomic mass is 16.5. The molecule has 1 heterocycles. The van der Waals surface area contributed by atoms with Gasteiger partial charge in [-0.3, -0.25) is 9.59 Å². The molecule has 0 fully saturated rings. The van der Waals surface area contributed by atoms with Crippen LogP contribution in [-0.4, -0.2) is 23.7 Å². The average Bonchev–Trinajstić information content (AvgIpc) is 3.21. The molecule has 1 aromatic heterocycles. The quantitative estimate of drug-likeness (QED) is 0.550. The van der Waals surface area contributed by atoms with E-state index in [-0.39, 0.29) is 18.1 Å². The van der Waals surface area contributed by atoms with E-state index in [1.54, 1.807) is 42.5 Å². The number of benzene rings is 2. The molecule has 0 spiro atoms. The fraction of sp³-hybridized carbons (Fsp3) is 0.217. The molecule has 1 amide bonds. The lowest BCUT2D eigenvalue weighted by Crippen LogP contribution is -2.31. The van der Waals surface area contributed by atoms with Crippen LogP contribution in [0.25, 0.3) is 0 Å². The lowest BCUT2D eigenvalue weighted by Gasteiger charge is -2.22. The molecule has 0 bridgehead atoms. The first kappa shape index (κ1) is 19.4. The zero-order valence-electron chi connectivity index (χ0n) is 16.1. The van der Waals surface area contributed by atoms with Crippen molar-refractivity contribution in [3.8, 4) is 5.75 Å². The molecule has 3 rings (SSSR count). The van der Waals surface area contributed by atoms with E-state index in [1.165, 1.54) is 6.92 Å². The van der Waals surface area contributed by atoms with E-state index in [1.807, 2.05) is 36.4 Å². The van der Waals surface area contributed by atoms with E-state index in [0.29, 0.717) is 35.7 Å². The van der Waals surface area contributed by atoms with Crippen LogP contribution < -0.4 is 4.74 Å². The number of Topliss-reactive ketones (excluding diaryl/α,β-unsaturated/α-hetero) is 1. The zero-order valence-corrected chi connectivity index (χ0v) is 16.1. The van der Waals surface area contributed by atoms with Crippen molar-refractivity contribution < 1.29 is 18.7 Å². The van der Waals surface area contributed by atoms with Gasteiger partial charge in [0, 0.05) is 17.7 Å². The van der Waals surface area contributed by atoms with Crippen molar-refractivity contribution in [1.82, 2.24) is 4.90 Å². The molecule has 0 aliphatic heterocycles. The molecule has 0 atom stereocenters. The highest BCUT2D eigenvalue weighted by Gasteiger charge is 2.19. The van der Waals surface area contributed by atoms with Crippen LogP contribution in [0.15, 0.2) is 71.3 Å². The number of methoxy groups -OCH3 is 1. The molecule has 0 saturated carbocycles. The summed E-state index contributed by atoms with van der Waals surface area (Å²) in [6.45, 7) is 2.34. The molecule has 5 heteroatoms. The van der Waals surface area contributed by atoms with Crippen LogP contribution in [0.1, 0.15) is 34.2 Å². The van der Waals surface area contributed by atoms with Crippen molar-refractivity contribution in [2.75, 3.05) is 7.11 Å². The van der Waals surface area contributed by atoms with Gasteiger partial charge in [0.1, 0.15) is 11.5 Å². The van der Waals surface area contributed by atoms with Gasteiger partial charge in [0.15, 0.2) is 5.78 Å². The third-order valence-electron chi connectivity index (χ3n) is 4.52. The van der Waals surface area contributed by atoms with Crippen molar-refractivity contribution in [3.05, 3.63) is 89.4 Å². The Morgan fingerprint density at radius 2 is 1.79 bits per heavy atom. The van der Waals surface area contributed by atoms with Crippen molar-refractivity contribution in [3.63, 3.8) is 0 Å². The summed E-state index contributed by atoms with van der Waals surface area (Å²) in [6, 6.07) is 18.6. The van der Waals surface area contributed by atoms with Crippen LogP contribution in [-0.2, 0) is 24.3 Å². The molecule has 0 unspecified atom stereocenters. The largest absolute Gasteiger partial charge is 0.496 e. The topological polar surface area (TPSA) is 59.8 Å². The summed E-state index contributed by atoms with van der Waals surface area (Å²) in [7, 11) is 1.56. The average molecular weight is 377 g/mol. The van der Waals surface area contributed by atoms with Crippen LogP contribution in [0.4, 0.5) is 0 Å². The molecular weight excluding hydrogens is 354 g/mol. The fourth-order valence-corrected chi connectivity index (χ4v) is 3.04. The summed E-state index contributed by atoms with van der Waals surface area (Å²) in [4.78, 5) is 26.6. The Morgan fingerprint density at radius 1 is 1.00 bits per heavy atom. The molecule has 3 aromatic rings. The monoisotopic (exact) mass is 377 g/mol. The van der Waals surface area contributed by atoms with Gasteiger partial charge in [0.05, 0.1) is 26.3 Å². The first-order valence-electron chi connectivity index (χ1n) is 9.08. The predicted octanol–water partition coefficient (Wildman–Crippen LogP) is 4.26. The summed E-state index contributed by atoms with van der Waals surface area (Å²) in [5.41, 5.74) is 2.29. The minimum atomic E-state index is -0.0701. The Kier molecular flexibility index (Phi) is 6.27. The van der Waals surface area contributed by atoms with Crippen LogP contribution >= 0.6 is 0 Å². The summed E-state index contributed by atoms with van der Waals surface area (Å²) < 4.78 is 10.8. The molecular formula is C23H23NO4. The number of rotatable bonds is 8. The normalized spacial score (nSPS) is 10.5. The molecule has 5 nitrogen and oxygen atoms in total. The lowest BCUT2D eigenvalue weighted by molar-refractivity contribution is -0.132. The van der Waals surface area contributed by atoms with Crippen molar-refractivity contribution in [1.29, 1.82) is 0 Å². The number of carbonyl (C=O) groups is 2. The van der Waals surface area contributed by atoms with Crippen molar-refractivity contribution in [2.45, 2.75) is 26.4 Å². The number of hydrogen-bond acceptors (Lipinski definition) is 4. The number of nitrogens with zero attached hydrogens (tertiary/aromatic N) is 1. The molecule has 0 radical (unpaired) electrons. The number of ketones is 1. The van der Waals surface area contributed by atoms with Gasteiger partial charge in [0.25, 0.3) is 0 Å². The van der Waals surface area contributed by atoms with Gasteiger partial charge in [0.2, 0.25) is 5.91 Å². The van der Waals surface area contributed by atoms with E-state index in [0.717, 1.165) is 5.56 Å². The number of amides is 1. The highest BCUT2D eigenvalue weighted by Crippen LogP contribution is 2.22. The van der Waals surface area contributed by atoms with Gasteiger partial charge in [-0.15, -0.1) is 0 Å². The van der Waals surface area contributed by atoms with Gasteiger partial charge in [-0.25, -0.2) is 0 Å². The molecule has 144 valence electrons. The number of furan rings is 1. The third kappa shape index (κ3) is 4.88. The standard InChI is InChI=1S/C23H23NO4/c1-17(25)19-10-11-22(27-2)20(13-19)14-23(26)24(16-21-9-6-12-28-21)15-18-7-4-3-5-8-18/h3-13H,14-16H2,1-2H3. The van der Waals surface area contributed by atoms with Crippen molar-refractivity contribution >= 4 is 11.7 Å². The van der Waals surface area contributed by atoms with Gasteiger partial charge < -0.3 is 14.1 Å². The second kappa shape index (κ2) is 9.04. The number of ether oxygens (including phenoxy) is 1. The van der Waals surface area contributed by atoms with Crippen LogP contribution in [0.3, 0.4) is 0 Å². The fourth-order valence-electron chi connectivity index (χ4n) is 3.04. The highest BCUT2D eigenvalue weighted by molar-refractivity contribution is 5.94. The maximum atomic E-state index is 13.1. The third-order valence-corrected chi connectivity index (χ3v) is 4.52. The van der Waals surface area contributed by atoms with E-state index >= 15 is 0 Å². The Bertz CT molecular complexity index is 933. The maximum Gasteiger partial charge on any atom is 0.227 e. The van der Waals surface area contributed by atoms with Crippen LogP contribution in [0.2, 0.25) is 0 Å². The van der Waals surface area contributed by atoms with Gasteiger partial charge in [-0.2, -0.15) is 0 Å². The Labute approximate surface area is 164 Å². The maximum absolute atomic E-state index is 13.1. The molecule has 0 N–H and O–H groups in total. The van der Waals surface area contributed by atoms with Gasteiger partial charge in [-0.05, 0) is 42.8 Å². The SMILES string of the molecule is COc1ccc(C(C)=O)cc1CC(=O)N(Cc1ccccc1)Cc1ccco1. The Morgan fingerprint density at radius 3 is 2.43 bits per heavy atom. The van der Waals surface area contributed by atoms with Crippen LogP contribution in [0.5, 0.6) is 5.75 Å².